The number of hydrogen-bond acceptors (Lipinski definition) is 6. The summed E-state index contributed by atoms with van der Waals surface area (Å²) in [4.78, 5) is 36.6. The Balaban J connectivity index is 1.52. The Hall–Kier alpha value is -4.04. The van der Waals surface area contributed by atoms with E-state index in [-0.39, 0.29) is 11.5 Å². The molecule has 7 nitrogen and oxygen atoms in total. The number of amides is 1. The molecule has 0 saturated carbocycles. The molecule has 1 N–H and O–H groups in total. The minimum Gasteiger partial charge on any atom is -0.478 e. The Morgan fingerprint density at radius 2 is 1.87 bits per heavy atom. The first-order valence-electron chi connectivity index (χ1n) is 9.23. The minimum atomic E-state index is -1.08. The molecule has 1 aliphatic heterocycles. The maximum absolute atomic E-state index is 12.9. The SMILES string of the molecule is CC1=NN(c2cccc(C(=O)O)c2)C(=O)/C1=C/c1ccc(OC(=O)c2cccs2)cc1. The maximum Gasteiger partial charge on any atom is 0.353 e. The van der Waals surface area contributed by atoms with Gasteiger partial charge in [0.05, 0.1) is 22.5 Å². The predicted molar refractivity (Wildman–Crippen MR) is 118 cm³/mol. The van der Waals surface area contributed by atoms with E-state index in [1.54, 1.807) is 66.9 Å². The first-order chi connectivity index (χ1) is 14.9. The van der Waals surface area contributed by atoms with E-state index in [4.69, 9.17) is 9.84 Å². The fraction of sp³-hybridized carbons (Fsp3) is 0.0435. The van der Waals surface area contributed by atoms with E-state index >= 15 is 0 Å². The molecule has 1 aromatic heterocycles. The summed E-state index contributed by atoms with van der Waals surface area (Å²) in [6, 6.07) is 16.3. The normalized spacial score (nSPS) is 14.6. The van der Waals surface area contributed by atoms with E-state index in [9.17, 15) is 14.4 Å². The van der Waals surface area contributed by atoms with Gasteiger partial charge in [0.25, 0.3) is 5.91 Å². The van der Waals surface area contributed by atoms with E-state index in [2.05, 4.69) is 5.10 Å². The molecule has 0 saturated heterocycles. The smallest absolute Gasteiger partial charge is 0.353 e. The molecular formula is C23H16N2O5S. The third kappa shape index (κ3) is 4.29. The monoisotopic (exact) mass is 432 g/mol. The van der Waals surface area contributed by atoms with Crippen LogP contribution in [0.5, 0.6) is 5.75 Å². The lowest BCUT2D eigenvalue weighted by atomic mass is 10.1. The molecule has 3 aromatic rings. The van der Waals surface area contributed by atoms with Gasteiger partial charge in [-0.3, -0.25) is 4.79 Å². The fourth-order valence-corrected chi connectivity index (χ4v) is 3.58. The van der Waals surface area contributed by atoms with Gasteiger partial charge in [-0.1, -0.05) is 24.3 Å². The number of hydrazone groups is 1. The molecular weight excluding hydrogens is 416 g/mol. The number of benzene rings is 2. The highest BCUT2D eigenvalue weighted by Crippen LogP contribution is 2.26. The second kappa shape index (κ2) is 8.37. The summed E-state index contributed by atoms with van der Waals surface area (Å²) in [5.74, 6) is -1.46. The number of esters is 1. The summed E-state index contributed by atoms with van der Waals surface area (Å²) in [7, 11) is 0. The number of nitrogens with zero attached hydrogens (tertiary/aromatic N) is 2. The van der Waals surface area contributed by atoms with Crippen molar-refractivity contribution >= 4 is 46.7 Å². The number of rotatable bonds is 5. The lowest BCUT2D eigenvalue weighted by Crippen LogP contribution is -2.21. The highest BCUT2D eigenvalue weighted by Gasteiger charge is 2.29. The highest BCUT2D eigenvalue weighted by molar-refractivity contribution is 7.12. The summed E-state index contributed by atoms with van der Waals surface area (Å²) >= 11 is 1.30. The first kappa shape index (κ1) is 20.2. The number of hydrogen-bond donors (Lipinski definition) is 1. The van der Waals surface area contributed by atoms with Crippen molar-refractivity contribution in [1.82, 2.24) is 0 Å². The van der Waals surface area contributed by atoms with E-state index < -0.39 is 11.9 Å². The largest absolute Gasteiger partial charge is 0.478 e. The van der Waals surface area contributed by atoms with Crippen LogP contribution in [0.2, 0.25) is 0 Å². The zero-order valence-corrected chi connectivity index (χ0v) is 17.1. The lowest BCUT2D eigenvalue weighted by molar-refractivity contribution is -0.114. The molecule has 0 atom stereocenters. The van der Waals surface area contributed by atoms with Crippen LogP contribution in [0.4, 0.5) is 5.69 Å². The summed E-state index contributed by atoms with van der Waals surface area (Å²) in [5, 5.41) is 16.4. The Bertz CT molecular complexity index is 1230. The molecule has 1 aliphatic rings. The number of carbonyl (C=O) groups is 3. The maximum atomic E-state index is 12.9. The number of anilines is 1. The molecule has 1 amide bonds. The van der Waals surface area contributed by atoms with Crippen LogP contribution in [0, 0.1) is 0 Å². The number of thiophene rings is 1. The van der Waals surface area contributed by atoms with Gasteiger partial charge in [0.1, 0.15) is 10.6 Å². The second-order valence-corrected chi connectivity index (χ2v) is 7.60. The van der Waals surface area contributed by atoms with Crippen LogP contribution in [0.1, 0.15) is 32.5 Å². The molecule has 2 heterocycles. The molecule has 0 spiro atoms. The van der Waals surface area contributed by atoms with Crippen molar-refractivity contribution in [2.24, 2.45) is 5.10 Å². The fourth-order valence-electron chi connectivity index (χ4n) is 2.98. The minimum absolute atomic E-state index is 0.0725. The van der Waals surface area contributed by atoms with E-state index in [1.165, 1.54) is 28.5 Å². The quantitative estimate of drug-likeness (QED) is 0.365. The van der Waals surface area contributed by atoms with Gasteiger partial charge >= 0.3 is 11.9 Å². The van der Waals surface area contributed by atoms with Crippen molar-refractivity contribution in [2.75, 3.05) is 5.01 Å². The molecule has 31 heavy (non-hydrogen) atoms. The van der Waals surface area contributed by atoms with Crippen LogP contribution in [-0.4, -0.2) is 28.7 Å². The van der Waals surface area contributed by atoms with Gasteiger partial charge in [-0.15, -0.1) is 11.3 Å². The molecule has 154 valence electrons. The van der Waals surface area contributed by atoms with Gasteiger partial charge in [-0.2, -0.15) is 10.1 Å². The topological polar surface area (TPSA) is 96.3 Å². The number of carbonyl (C=O) groups excluding carboxylic acids is 2. The Morgan fingerprint density at radius 1 is 1.10 bits per heavy atom. The van der Waals surface area contributed by atoms with Crippen molar-refractivity contribution in [1.29, 1.82) is 0 Å². The lowest BCUT2D eigenvalue weighted by Gasteiger charge is -2.12. The van der Waals surface area contributed by atoms with Crippen LogP contribution in [0.15, 0.2) is 76.7 Å². The predicted octanol–water partition coefficient (Wildman–Crippen LogP) is 4.47. The standard InChI is InChI=1S/C23H16N2O5S/c1-14-19(21(26)25(24-14)17-5-2-4-16(13-17)22(27)28)12-15-7-9-18(10-8-15)30-23(29)20-6-3-11-31-20/h2-13H,1H3,(H,27,28)/b19-12+. The Morgan fingerprint density at radius 3 is 2.55 bits per heavy atom. The average Bonchev–Trinajstić information content (AvgIpc) is 3.40. The summed E-state index contributed by atoms with van der Waals surface area (Å²) in [6.07, 6.45) is 1.69. The molecule has 0 unspecified atom stereocenters. The van der Waals surface area contributed by atoms with Crippen LogP contribution < -0.4 is 9.75 Å². The van der Waals surface area contributed by atoms with Gasteiger partial charge < -0.3 is 9.84 Å². The molecule has 0 fully saturated rings. The molecule has 0 radical (unpaired) electrons. The van der Waals surface area contributed by atoms with Gasteiger partial charge in [0.15, 0.2) is 0 Å². The highest BCUT2D eigenvalue weighted by atomic mass is 32.1. The number of aromatic carboxylic acids is 1. The van der Waals surface area contributed by atoms with Crippen LogP contribution >= 0.6 is 11.3 Å². The van der Waals surface area contributed by atoms with Crippen molar-refractivity contribution in [3.8, 4) is 5.75 Å². The zero-order chi connectivity index (χ0) is 22.0. The number of carboxylic acids is 1. The van der Waals surface area contributed by atoms with Gasteiger partial charge in [-0.25, -0.2) is 9.59 Å². The van der Waals surface area contributed by atoms with Crippen LogP contribution in [0.3, 0.4) is 0 Å². The molecule has 0 aliphatic carbocycles. The van der Waals surface area contributed by atoms with Crippen LogP contribution in [0.25, 0.3) is 6.08 Å². The molecule has 2 aromatic carbocycles. The third-order valence-electron chi connectivity index (χ3n) is 4.52. The Kier molecular flexibility index (Phi) is 5.46. The Labute approximate surface area is 181 Å². The van der Waals surface area contributed by atoms with Crippen molar-refractivity contribution < 1.29 is 24.2 Å². The zero-order valence-electron chi connectivity index (χ0n) is 16.3. The van der Waals surface area contributed by atoms with Crippen molar-refractivity contribution in [2.45, 2.75) is 6.92 Å². The van der Waals surface area contributed by atoms with Crippen molar-refractivity contribution in [3.63, 3.8) is 0 Å². The van der Waals surface area contributed by atoms with Crippen LogP contribution in [-0.2, 0) is 4.79 Å². The molecule has 4 rings (SSSR count). The average molecular weight is 432 g/mol. The summed E-state index contributed by atoms with van der Waals surface area (Å²) in [6.45, 7) is 1.71. The number of ether oxygens (including phenoxy) is 1. The number of carboxylic acid groups (broad SMARTS) is 1. The van der Waals surface area contributed by atoms with Crippen molar-refractivity contribution in [3.05, 3.63) is 87.6 Å². The third-order valence-corrected chi connectivity index (χ3v) is 5.37. The van der Waals surface area contributed by atoms with E-state index in [0.717, 1.165) is 5.56 Å². The summed E-state index contributed by atoms with van der Waals surface area (Å²) in [5.41, 5.74) is 2.09. The van der Waals surface area contributed by atoms with E-state index in [0.29, 0.717) is 27.6 Å². The van der Waals surface area contributed by atoms with Gasteiger partial charge in [-0.05, 0) is 60.3 Å². The van der Waals surface area contributed by atoms with Gasteiger partial charge in [0.2, 0.25) is 0 Å². The van der Waals surface area contributed by atoms with E-state index in [1.807, 2.05) is 0 Å². The first-order valence-corrected chi connectivity index (χ1v) is 10.1. The second-order valence-electron chi connectivity index (χ2n) is 6.65. The molecule has 8 heteroatoms. The summed E-state index contributed by atoms with van der Waals surface area (Å²) < 4.78 is 5.34. The molecule has 0 bridgehead atoms. The van der Waals surface area contributed by atoms with Gasteiger partial charge in [0, 0.05) is 0 Å².